The maximum absolute atomic E-state index is 14.7. The number of allylic oxidation sites excluding steroid dienone is 1. The summed E-state index contributed by atoms with van der Waals surface area (Å²) in [4.78, 5) is 58.6. The fourth-order valence-electron chi connectivity index (χ4n) is 6.85. The lowest BCUT2D eigenvalue weighted by molar-refractivity contribution is -0.159. The summed E-state index contributed by atoms with van der Waals surface area (Å²) in [5, 5.41) is 12.5. The van der Waals surface area contributed by atoms with Crippen molar-refractivity contribution < 1.29 is 38.5 Å². The van der Waals surface area contributed by atoms with E-state index in [4.69, 9.17) is 14.2 Å². The van der Waals surface area contributed by atoms with Crippen LogP contribution in [-0.2, 0) is 28.7 Å². The van der Waals surface area contributed by atoms with Crippen LogP contribution in [0.1, 0.15) is 30.9 Å². The van der Waals surface area contributed by atoms with Crippen molar-refractivity contribution in [2.24, 2.45) is 11.8 Å². The van der Waals surface area contributed by atoms with E-state index in [9.17, 15) is 24.3 Å². The topological polar surface area (TPSA) is 135 Å². The first-order valence-corrected chi connectivity index (χ1v) is 15.3. The molecule has 11 nitrogen and oxygen atoms in total. The summed E-state index contributed by atoms with van der Waals surface area (Å²) in [6.45, 7) is 0.160. The number of ether oxygens (including phenoxy) is 3. The zero-order valence-corrected chi connectivity index (χ0v) is 25.0. The molecule has 2 aromatic rings. The van der Waals surface area contributed by atoms with Crippen molar-refractivity contribution in [3.05, 3.63) is 84.5 Å². The van der Waals surface area contributed by atoms with Crippen molar-refractivity contribution in [1.29, 1.82) is 0 Å². The number of hydrogen-bond acceptors (Lipinski definition) is 8. The molecule has 45 heavy (non-hydrogen) atoms. The van der Waals surface area contributed by atoms with E-state index >= 15 is 0 Å². The lowest BCUT2D eigenvalue weighted by atomic mass is 9.74. The molecular weight excluding hydrogens is 578 g/mol. The van der Waals surface area contributed by atoms with E-state index in [-0.39, 0.29) is 50.9 Å². The second-order valence-electron chi connectivity index (χ2n) is 11.6. The van der Waals surface area contributed by atoms with Crippen LogP contribution in [0.15, 0.2) is 78.9 Å². The summed E-state index contributed by atoms with van der Waals surface area (Å²) in [6.07, 6.45) is 6.47. The number of rotatable bonds is 6. The van der Waals surface area contributed by atoms with Crippen molar-refractivity contribution in [2.45, 2.75) is 43.1 Å². The molecule has 0 unspecified atom stereocenters. The minimum absolute atomic E-state index is 0.0606. The van der Waals surface area contributed by atoms with Gasteiger partial charge in [-0.1, -0.05) is 54.6 Å². The zero-order chi connectivity index (χ0) is 31.6. The van der Waals surface area contributed by atoms with Gasteiger partial charge in [0.25, 0.3) is 5.91 Å². The molecule has 0 aromatic heterocycles. The van der Waals surface area contributed by atoms with Crippen LogP contribution in [0.5, 0.6) is 5.75 Å². The fourth-order valence-corrected chi connectivity index (χ4v) is 6.85. The Labute approximate surface area is 261 Å². The summed E-state index contributed by atoms with van der Waals surface area (Å²) in [5.74, 6) is -3.00. The number of hydrogen-bond donors (Lipinski definition) is 2. The highest BCUT2D eigenvalue weighted by atomic mass is 16.6. The molecule has 236 valence electrons. The number of anilines is 1. The van der Waals surface area contributed by atoms with Crippen molar-refractivity contribution in [1.82, 2.24) is 10.2 Å². The minimum Gasteiger partial charge on any atom is -0.497 e. The van der Waals surface area contributed by atoms with Crippen LogP contribution >= 0.6 is 0 Å². The SMILES string of the molecule is COc1ccc(N2C/C=C\CCC(=O)NC[C@@H](c3ccccc3)OC(=O)[C@@H]3[C@@H]4C=C[C@]5(O4)[C@H](C2=O)N(CCCO)C(=O)[C@@H]35)cc1. The van der Waals surface area contributed by atoms with Gasteiger partial charge >= 0.3 is 5.97 Å². The number of fused-ring (bicyclic) bond motifs is 2. The first-order chi connectivity index (χ1) is 21.9. The van der Waals surface area contributed by atoms with Crippen molar-refractivity contribution >= 4 is 29.4 Å². The second kappa shape index (κ2) is 12.9. The Morgan fingerprint density at radius 2 is 1.80 bits per heavy atom. The summed E-state index contributed by atoms with van der Waals surface area (Å²) in [7, 11) is 1.56. The van der Waals surface area contributed by atoms with Crippen LogP contribution in [0.2, 0.25) is 0 Å². The average molecular weight is 616 g/mol. The first-order valence-electron chi connectivity index (χ1n) is 15.3. The molecular formula is C34H37N3O8. The number of carbonyl (C=O) groups excluding carboxylic acids is 4. The van der Waals surface area contributed by atoms with E-state index in [0.717, 1.165) is 0 Å². The predicted molar refractivity (Wildman–Crippen MR) is 163 cm³/mol. The number of benzene rings is 2. The Balaban J connectivity index is 1.42. The van der Waals surface area contributed by atoms with Gasteiger partial charge in [0, 0.05) is 31.8 Å². The third-order valence-corrected chi connectivity index (χ3v) is 8.99. The van der Waals surface area contributed by atoms with Gasteiger partial charge in [0.15, 0.2) is 0 Å². The van der Waals surface area contributed by atoms with Crippen LogP contribution in [0.4, 0.5) is 5.69 Å². The number of methoxy groups -OCH3 is 1. The van der Waals surface area contributed by atoms with E-state index in [1.54, 1.807) is 48.4 Å². The van der Waals surface area contributed by atoms with Gasteiger partial charge in [0.1, 0.15) is 29.4 Å². The molecule has 6 atom stereocenters. The van der Waals surface area contributed by atoms with Gasteiger partial charge in [-0.3, -0.25) is 19.2 Å². The summed E-state index contributed by atoms with van der Waals surface area (Å²) < 4.78 is 17.8. The fraction of sp³-hybridized carbons (Fsp3) is 0.412. The van der Waals surface area contributed by atoms with E-state index in [2.05, 4.69) is 5.32 Å². The minimum atomic E-state index is -1.39. The largest absolute Gasteiger partial charge is 0.497 e. The Morgan fingerprint density at radius 1 is 1.02 bits per heavy atom. The summed E-state index contributed by atoms with van der Waals surface area (Å²) in [6, 6.07) is 15.0. The zero-order valence-electron chi connectivity index (χ0n) is 25.0. The third kappa shape index (κ3) is 5.62. The van der Waals surface area contributed by atoms with Gasteiger partial charge in [-0.15, -0.1) is 0 Å². The average Bonchev–Trinajstić information content (AvgIpc) is 3.70. The monoisotopic (exact) mass is 615 g/mol. The van der Waals surface area contributed by atoms with Crippen LogP contribution in [0, 0.1) is 11.8 Å². The number of aliphatic hydroxyl groups is 1. The molecule has 4 aliphatic rings. The molecule has 1 spiro atoms. The molecule has 5 bridgehead atoms. The van der Waals surface area contributed by atoms with Crippen molar-refractivity contribution in [3.63, 3.8) is 0 Å². The maximum atomic E-state index is 14.7. The normalized spacial score (nSPS) is 30.7. The van der Waals surface area contributed by atoms with Gasteiger partial charge in [-0.25, -0.2) is 0 Å². The number of likely N-dealkylation sites (tertiary alicyclic amines) is 1. The Bertz CT molecular complexity index is 1490. The number of nitrogens with one attached hydrogen (secondary N) is 1. The van der Waals surface area contributed by atoms with Gasteiger partial charge in [0.05, 0.1) is 25.7 Å². The van der Waals surface area contributed by atoms with Gasteiger partial charge < -0.3 is 34.4 Å². The molecule has 2 fully saturated rings. The second-order valence-corrected chi connectivity index (χ2v) is 11.6. The number of cyclic esters (lactones) is 1. The number of esters is 1. The molecule has 0 aliphatic carbocycles. The van der Waals surface area contributed by atoms with Gasteiger partial charge in [-0.05, 0) is 42.7 Å². The quantitative estimate of drug-likeness (QED) is 0.374. The van der Waals surface area contributed by atoms with Gasteiger partial charge in [0.2, 0.25) is 11.8 Å². The molecule has 2 aromatic carbocycles. The van der Waals surface area contributed by atoms with Crippen LogP contribution in [0.25, 0.3) is 0 Å². The molecule has 11 heteroatoms. The Hall–Kier alpha value is -4.48. The smallest absolute Gasteiger partial charge is 0.313 e. The molecule has 2 saturated heterocycles. The summed E-state index contributed by atoms with van der Waals surface area (Å²) >= 11 is 0. The Morgan fingerprint density at radius 3 is 2.53 bits per heavy atom. The van der Waals surface area contributed by atoms with Crippen molar-refractivity contribution in [2.75, 3.05) is 38.3 Å². The van der Waals surface area contributed by atoms with Crippen LogP contribution in [-0.4, -0.2) is 84.8 Å². The molecule has 0 radical (unpaired) electrons. The number of amides is 3. The highest BCUT2D eigenvalue weighted by Crippen LogP contribution is 2.56. The maximum Gasteiger partial charge on any atom is 0.313 e. The van der Waals surface area contributed by atoms with Crippen molar-refractivity contribution in [3.8, 4) is 5.75 Å². The van der Waals surface area contributed by atoms with E-state index in [0.29, 0.717) is 23.4 Å². The Kier molecular flexibility index (Phi) is 8.73. The standard InChI is InChI=1S/C34H37N3O8/c1-43-24-14-12-23(13-15-24)36-18-7-3-6-11-27(39)35-21-26(22-9-4-2-5-10-22)44-33(42)28-25-16-17-34(45-25)29(28)31(40)37(19-8-20-38)30(34)32(36)41/h2-5,7,9-10,12-17,25-26,28-30,38H,6,8,11,18-21H2,1H3,(H,35,39)/b7-3-/t25-,26-,28+,29+,30-,34+/m0/s1. The molecule has 6 rings (SSSR count). The van der Waals surface area contributed by atoms with Crippen LogP contribution in [0.3, 0.4) is 0 Å². The first kappa shape index (κ1) is 30.5. The highest BCUT2D eigenvalue weighted by molar-refractivity contribution is 6.05. The number of carbonyl (C=O) groups is 4. The van der Waals surface area contributed by atoms with E-state index in [1.807, 2.05) is 42.5 Å². The lowest BCUT2D eigenvalue weighted by Crippen LogP contribution is -2.56. The van der Waals surface area contributed by atoms with E-state index in [1.165, 1.54) is 4.90 Å². The number of aliphatic hydroxyl groups excluding tert-OH is 1. The highest BCUT2D eigenvalue weighted by Gasteiger charge is 2.73. The third-order valence-electron chi connectivity index (χ3n) is 8.99. The van der Waals surface area contributed by atoms with E-state index < -0.39 is 47.6 Å². The molecule has 4 aliphatic heterocycles. The molecule has 3 amide bonds. The van der Waals surface area contributed by atoms with Gasteiger partial charge in [-0.2, -0.15) is 0 Å². The summed E-state index contributed by atoms with van der Waals surface area (Å²) in [5.41, 5.74) is -0.117. The van der Waals surface area contributed by atoms with Crippen LogP contribution < -0.4 is 15.0 Å². The molecule has 2 N–H and O–H groups in total. The lowest BCUT2D eigenvalue weighted by Gasteiger charge is -2.36. The predicted octanol–water partition coefficient (Wildman–Crippen LogP) is 2.31. The number of nitrogens with zero attached hydrogens (tertiary/aromatic N) is 2. The molecule has 0 saturated carbocycles. The molecule has 4 heterocycles.